The van der Waals surface area contributed by atoms with E-state index in [2.05, 4.69) is 19.2 Å². The molecule has 1 aliphatic carbocycles. The molecule has 0 aromatic carbocycles. The minimum absolute atomic E-state index is 0.0684. The summed E-state index contributed by atoms with van der Waals surface area (Å²) in [5.41, 5.74) is 0.149. The van der Waals surface area contributed by atoms with Crippen molar-refractivity contribution in [2.45, 2.75) is 45.6 Å². The van der Waals surface area contributed by atoms with Crippen molar-refractivity contribution in [3.05, 3.63) is 0 Å². The Bertz CT molecular complexity index is 216. The molecule has 0 aliphatic heterocycles. The van der Waals surface area contributed by atoms with E-state index in [1.165, 1.54) is 6.42 Å². The molecule has 0 radical (unpaired) electrons. The number of alkyl carbamates (subject to hydrolysis) is 1. The summed E-state index contributed by atoms with van der Waals surface area (Å²) in [4.78, 5) is 11.3. The van der Waals surface area contributed by atoms with Crippen molar-refractivity contribution in [2.24, 2.45) is 5.41 Å². The van der Waals surface area contributed by atoms with E-state index in [0.29, 0.717) is 0 Å². The van der Waals surface area contributed by atoms with Crippen LogP contribution >= 0.6 is 0 Å². The van der Waals surface area contributed by atoms with E-state index in [0.717, 1.165) is 19.3 Å². The minimum Gasteiger partial charge on any atom is -0.447 e. The monoisotopic (exact) mass is 215 g/mol. The number of carbonyl (C=O) groups excluding carboxylic acids is 1. The van der Waals surface area contributed by atoms with Crippen LogP contribution in [0.3, 0.4) is 0 Å². The summed E-state index contributed by atoms with van der Waals surface area (Å²) < 4.78 is 4.79. The quantitative estimate of drug-likeness (QED) is 0.753. The third-order valence-electron chi connectivity index (χ3n) is 3.12. The summed E-state index contributed by atoms with van der Waals surface area (Å²) in [6, 6.07) is 0.192. The topological polar surface area (TPSA) is 58.6 Å². The van der Waals surface area contributed by atoms with E-state index < -0.39 is 6.09 Å². The summed E-state index contributed by atoms with van der Waals surface area (Å²) in [6.45, 7) is 4.28. The fourth-order valence-corrected chi connectivity index (χ4v) is 2.08. The molecule has 0 spiro atoms. The average Bonchev–Trinajstić information content (AvgIpc) is 2.18. The summed E-state index contributed by atoms with van der Waals surface area (Å²) in [5, 5.41) is 11.4. The number of carbonyl (C=O) groups is 1. The highest BCUT2D eigenvalue weighted by Crippen LogP contribution is 2.35. The molecule has 0 aromatic heterocycles. The van der Waals surface area contributed by atoms with Gasteiger partial charge in [-0.15, -0.1) is 0 Å². The maximum Gasteiger partial charge on any atom is 0.407 e. The van der Waals surface area contributed by atoms with Crippen LogP contribution in [0.4, 0.5) is 4.79 Å². The van der Waals surface area contributed by atoms with Gasteiger partial charge in [0.2, 0.25) is 0 Å². The highest BCUT2D eigenvalue weighted by Gasteiger charge is 2.33. The number of amides is 1. The molecule has 0 heterocycles. The predicted molar refractivity (Wildman–Crippen MR) is 57.6 cm³/mol. The van der Waals surface area contributed by atoms with Crippen LogP contribution in [0.2, 0.25) is 0 Å². The van der Waals surface area contributed by atoms with Gasteiger partial charge >= 0.3 is 6.09 Å². The molecule has 1 unspecified atom stereocenters. The molecule has 1 aliphatic rings. The summed E-state index contributed by atoms with van der Waals surface area (Å²) in [7, 11) is 0. The molecule has 0 saturated heterocycles. The predicted octanol–water partition coefficient (Wildman–Crippen LogP) is 1.67. The molecule has 1 saturated carbocycles. The molecular weight excluding hydrogens is 194 g/mol. The van der Waals surface area contributed by atoms with Crippen molar-refractivity contribution < 1.29 is 14.6 Å². The summed E-state index contributed by atoms with van der Waals surface area (Å²) in [6.07, 6.45) is 4.13. The number of ether oxygens (including phenoxy) is 1. The summed E-state index contributed by atoms with van der Waals surface area (Å²) in [5.74, 6) is 0. The van der Waals surface area contributed by atoms with Gasteiger partial charge < -0.3 is 15.2 Å². The van der Waals surface area contributed by atoms with Crippen LogP contribution in [0.25, 0.3) is 0 Å². The first-order chi connectivity index (χ1) is 7.06. The van der Waals surface area contributed by atoms with Crippen LogP contribution in [-0.2, 0) is 4.74 Å². The zero-order valence-electron chi connectivity index (χ0n) is 9.58. The van der Waals surface area contributed by atoms with Crippen molar-refractivity contribution in [1.82, 2.24) is 5.32 Å². The van der Waals surface area contributed by atoms with Crippen LogP contribution < -0.4 is 5.32 Å². The molecule has 1 atom stereocenters. The van der Waals surface area contributed by atoms with Gasteiger partial charge in [-0.1, -0.05) is 26.7 Å². The molecular formula is C11H21NO3. The van der Waals surface area contributed by atoms with Crippen LogP contribution in [0, 0.1) is 5.41 Å². The Morgan fingerprint density at radius 1 is 1.53 bits per heavy atom. The van der Waals surface area contributed by atoms with Crippen molar-refractivity contribution >= 4 is 6.09 Å². The minimum atomic E-state index is -0.413. The molecule has 0 aromatic rings. The largest absolute Gasteiger partial charge is 0.447 e. The fourth-order valence-electron chi connectivity index (χ4n) is 2.08. The highest BCUT2D eigenvalue weighted by molar-refractivity contribution is 5.67. The molecule has 15 heavy (non-hydrogen) atoms. The first-order valence-electron chi connectivity index (χ1n) is 5.60. The van der Waals surface area contributed by atoms with E-state index in [4.69, 9.17) is 9.84 Å². The molecule has 0 bridgehead atoms. The van der Waals surface area contributed by atoms with Crippen LogP contribution in [0.15, 0.2) is 0 Å². The second-order valence-corrected chi connectivity index (χ2v) is 4.79. The van der Waals surface area contributed by atoms with Gasteiger partial charge in [0, 0.05) is 6.04 Å². The Hall–Kier alpha value is -0.770. The second-order valence-electron chi connectivity index (χ2n) is 4.79. The fraction of sp³-hybridized carbons (Fsp3) is 0.909. The number of aliphatic hydroxyl groups is 1. The average molecular weight is 215 g/mol. The normalized spacial score (nSPS) is 24.6. The molecule has 2 N–H and O–H groups in total. The van der Waals surface area contributed by atoms with Gasteiger partial charge in [0.1, 0.15) is 6.61 Å². The molecule has 4 nitrogen and oxygen atoms in total. The van der Waals surface area contributed by atoms with E-state index in [9.17, 15) is 4.79 Å². The lowest BCUT2D eigenvalue weighted by molar-refractivity contribution is 0.0989. The number of nitrogens with one attached hydrogen (secondary N) is 1. The summed E-state index contributed by atoms with van der Waals surface area (Å²) >= 11 is 0. The third kappa shape index (κ3) is 3.70. The van der Waals surface area contributed by atoms with E-state index >= 15 is 0 Å². The molecule has 88 valence electrons. The lowest BCUT2D eigenvalue weighted by atomic mass is 9.73. The molecule has 1 rings (SSSR count). The Kier molecular flexibility index (Phi) is 4.39. The SMILES string of the molecule is CC1(C)CCCCC1NC(=O)OCCO. The van der Waals surface area contributed by atoms with Gasteiger partial charge in [0.25, 0.3) is 0 Å². The van der Waals surface area contributed by atoms with Gasteiger partial charge in [0.15, 0.2) is 0 Å². The van der Waals surface area contributed by atoms with E-state index in [1.807, 2.05) is 0 Å². The Balaban J connectivity index is 2.38. The standard InChI is InChI=1S/C11H21NO3/c1-11(2)6-4-3-5-9(11)12-10(14)15-8-7-13/h9,13H,3-8H2,1-2H3,(H,12,14). The maximum atomic E-state index is 11.3. The number of aliphatic hydroxyl groups excluding tert-OH is 1. The first-order valence-corrected chi connectivity index (χ1v) is 5.60. The Morgan fingerprint density at radius 3 is 2.87 bits per heavy atom. The lowest BCUT2D eigenvalue weighted by Gasteiger charge is -2.38. The zero-order chi connectivity index (χ0) is 11.3. The zero-order valence-corrected chi connectivity index (χ0v) is 9.58. The number of hydrogen-bond acceptors (Lipinski definition) is 3. The Labute approximate surface area is 91.0 Å². The van der Waals surface area contributed by atoms with Crippen molar-refractivity contribution in [1.29, 1.82) is 0 Å². The Morgan fingerprint density at radius 2 is 2.27 bits per heavy atom. The van der Waals surface area contributed by atoms with Crippen molar-refractivity contribution in [2.75, 3.05) is 13.2 Å². The van der Waals surface area contributed by atoms with Gasteiger partial charge in [-0.2, -0.15) is 0 Å². The molecule has 1 amide bonds. The lowest BCUT2D eigenvalue weighted by Crippen LogP contribution is -2.47. The van der Waals surface area contributed by atoms with Crippen molar-refractivity contribution in [3.63, 3.8) is 0 Å². The molecule has 4 heteroatoms. The van der Waals surface area contributed by atoms with Gasteiger partial charge in [-0.3, -0.25) is 0 Å². The van der Waals surface area contributed by atoms with Crippen LogP contribution in [-0.4, -0.2) is 30.5 Å². The first kappa shape index (κ1) is 12.3. The van der Waals surface area contributed by atoms with Crippen molar-refractivity contribution in [3.8, 4) is 0 Å². The van der Waals surface area contributed by atoms with E-state index in [1.54, 1.807) is 0 Å². The van der Waals surface area contributed by atoms with E-state index in [-0.39, 0.29) is 24.7 Å². The smallest absolute Gasteiger partial charge is 0.407 e. The maximum absolute atomic E-state index is 11.3. The van der Waals surface area contributed by atoms with Gasteiger partial charge in [-0.05, 0) is 18.3 Å². The van der Waals surface area contributed by atoms with Gasteiger partial charge in [-0.25, -0.2) is 4.79 Å². The van der Waals surface area contributed by atoms with Crippen LogP contribution in [0.5, 0.6) is 0 Å². The number of rotatable bonds is 3. The van der Waals surface area contributed by atoms with Crippen LogP contribution in [0.1, 0.15) is 39.5 Å². The third-order valence-corrected chi connectivity index (χ3v) is 3.12. The highest BCUT2D eigenvalue weighted by atomic mass is 16.6. The second kappa shape index (κ2) is 5.35. The number of hydrogen-bond donors (Lipinski definition) is 2. The van der Waals surface area contributed by atoms with Gasteiger partial charge in [0.05, 0.1) is 6.61 Å². The molecule has 1 fully saturated rings.